The fourth-order valence-electron chi connectivity index (χ4n) is 4.07. The Labute approximate surface area is 211 Å². The molecule has 2 aliphatic rings. The zero-order valence-corrected chi connectivity index (χ0v) is 20.9. The maximum absolute atomic E-state index is 13.0. The zero-order valence-electron chi connectivity index (χ0n) is 18.5. The molecule has 0 aromatic carbocycles. The lowest BCUT2D eigenvalue weighted by Gasteiger charge is -2.33. The van der Waals surface area contributed by atoms with Gasteiger partial charge in [-0.15, -0.1) is 21.5 Å². The number of thiophene rings is 1. The van der Waals surface area contributed by atoms with E-state index in [2.05, 4.69) is 20.3 Å². The number of halogens is 1. The number of aromatic nitrogens is 3. The number of piperidine rings is 1. The van der Waals surface area contributed by atoms with Crippen LogP contribution in [0.4, 0.5) is 0 Å². The summed E-state index contributed by atoms with van der Waals surface area (Å²) in [6, 6.07) is 1.71. The third kappa shape index (κ3) is 6.45. The van der Waals surface area contributed by atoms with Crippen molar-refractivity contribution in [3.05, 3.63) is 39.4 Å². The largest absolute Gasteiger partial charge is 0.332 e. The van der Waals surface area contributed by atoms with Gasteiger partial charge in [-0.25, -0.2) is 13.1 Å². The molecule has 12 nitrogen and oxygen atoms in total. The smallest absolute Gasteiger partial charge is 0.261 e. The van der Waals surface area contributed by atoms with Crippen molar-refractivity contribution in [1.82, 2.24) is 29.4 Å². The molecule has 0 spiro atoms. The molecule has 15 heteroatoms. The third-order valence-corrected chi connectivity index (χ3v) is 8.01. The van der Waals surface area contributed by atoms with Crippen molar-refractivity contribution < 1.29 is 22.8 Å². The van der Waals surface area contributed by atoms with E-state index in [1.807, 2.05) is 0 Å². The minimum Gasteiger partial charge on any atom is -0.332 e. The molecule has 2 unspecified atom stereocenters. The molecule has 0 radical (unpaired) electrons. The molecule has 0 bridgehead atoms. The van der Waals surface area contributed by atoms with Gasteiger partial charge in [0.05, 0.1) is 10.9 Å². The number of sulfonamides is 1. The van der Waals surface area contributed by atoms with Gasteiger partial charge in [-0.05, 0) is 43.9 Å². The van der Waals surface area contributed by atoms with E-state index in [0.29, 0.717) is 48.0 Å². The molecule has 2 aliphatic heterocycles. The third-order valence-electron chi connectivity index (χ3n) is 5.70. The number of nitrogens with one attached hydrogen (secondary N) is 2. The average molecular weight is 542 g/mol. The number of nitrogens with zero attached hydrogens (tertiary/aromatic N) is 5. The number of carbonyl (C=O) groups is 3. The summed E-state index contributed by atoms with van der Waals surface area (Å²) in [5, 5.41) is 8.23. The van der Waals surface area contributed by atoms with Crippen LogP contribution in [0, 0.1) is 0 Å². The maximum Gasteiger partial charge on any atom is 0.261 e. The van der Waals surface area contributed by atoms with Crippen LogP contribution in [0.15, 0.2) is 30.2 Å². The first-order valence-electron chi connectivity index (χ1n) is 10.9. The zero-order chi connectivity index (χ0) is 25.0. The van der Waals surface area contributed by atoms with E-state index < -0.39 is 28.0 Å². The van der Waals surface area contributed by atoms with Crippen LogP contribution < -0.4 is 10.1 Å². The average Bonchev–Trinajstić information content (AvgIpc) is 3.57. The predicted octanol–water partition coefficient (Wildman–Crippen LogP) is 0.635. The lowest BCUT2D eigenvalue weighted by atomic mass is 10.1. The van der Waals surface area contributed by atoms with Crippen LogP contribution in [-0.2, 0) is 24.4 Å². The molecule has 2 fully saturated rings. The Morgan fingerprint density at radius 3 is 2.63 bits per heavy atom. The van der Waals surface area contributed by atoms with Crippen molar-refractivity contribution in [2.75, 3.05) is 25.1 Å². The van der Waals surface area contributed by atoms with E-state index in [1.54, 1.807) is 12.1 Å². The summed E-state index contributed by atoms with van der Waals surface area (Å²) in [5.41, 5.74) is 2.61. The van der Waals surface area contributed by atoms with E-state index in [-0.39, 0.29) is 18.4 Å². The molecule has 188 valence electrons. The topological polar surface area (TPSA) is 147 Å². The van der Waals surface area contributed by atoms with Gasteiger partial charge in [0.2, 0.25) is 21.8 Å². The van der Waals surface area contributed by atoms with E-state index >= 15 is 0 Å². The molecule has 2 saturated heterocycles. The summed E-state index contributed by atoms with van der Waals surface area (Å²) in [5.74, 6) is -1.20. The van der Waals surface area contributed by atoms with Gasteiger partial charge in [0, 0.05) is 23.4 Å². The Kier molecular flexibility index (Phi) is 7.84. The fraction of sp³-hybridized carbons (Fsp3) is 0.450. The second-order valence-corrected chi connectivity index (χ2v) is 11.5. The Balaban J connectivity index is 1.35. The van der Waals surface area contributed by atoms with Crippen molar-refractivity contribution in [2.45, 2.75) is 37.8 Å². The molecule has 2 aromatic heterocycles. The van der Waals surface area contributed by atoms with Crippen molar-refractivity contribution >= 4 is 56.8 Å². The van der Waals surface area contributed by atoms with Crippen molar-refractivity contribution in [2.24, 2.45) is 0 Å². The molecule has 2 aromatic rings. The second-order valence-electron chi connectivity index (χ2n) is 8.15. The second kappa shape index (κ2) is 10.8. The number of rotatable bonds is 8. The molecular weight excluding hydrogens is 518 g/mol. The maximum atomic E-state index is 13.0. The molecule has 4 rings (SSSR count). The number of likely N-dealkylation sites (tertiary alicyclic amines) is 2. The Morgan fingerprint density at radius 1 is 1.17 bits per heavy atom. The Morgan fingerprint density at radius 2 is 1.91 bits per heavy atom. The summed E-state index contributed by atoms with van der Waals surface area (Å²) in [6.45, 7) is 0.503. The molecule has 35 heavy (non-hydrogen) atoms. The molecule has 4 heterocycles. The first-order chi connectivity index (χ1) is 16.7. The van der Waals surface area contributed by atoms with Gasteiger partial charge in [0.25, 0.3) is 5.91 Å². The van der Waals surface area contributed by atoms with Crippen LogP contribution in [0.5, 0.6) is 0 Å². The lowest BCUT2D eigenvalue weighted by molar-refractivity contribution is -0.144. The lowest BCUT2D eigenvalue weighted by Crippen LogP contribution is -2.55. The van der Waals surface area contributed by atoms with Crippen molar-refractivity contribution in [3.8, 4) is 0 Å². The summed E-state index contributed by atoms with van der Waals surface area (Å²) in [7, 11) is -3.89. The fourth-order valence-corrected chi connectivity index (χ4v) is 6.14. The Bertz CT molecular complexity index is 1210. The monoisotopic (exact) mass is 541 g/mol. The van der Waals surface area contributed by atoms with Gasteiger partial charge in [-0.2, -0.15) is 4.72 Å². The van der Waals surface area contributed by atoms with E-state index in [9.17, 15) is 22.8 Å². The van der Waals surface area contributed by atoms with E-state index in [1.165, 1.54) is 44.5 Å². The van der Waals surface area contributed by atoms with Crippen LogP contribution in [0.25, 0.3) is 6.08 Å². The molecule has 0 aliphatic carbocycles. The van der Waals surface area contributed by atoms with Gasteiger partial charge >= 0.3 is 0 Å². The van der Waals surface area contributed by atoms with Crippen molar-refractivity contribution in [1.29, 1.82) is 0 Å². The summed E-state index contributed by atoms with van der Waals surface area (Å²) < 4.78 is 29.2. The molecule has 0 saturated carbocycles. The molecule has 2 atom stereocenters. The number of hydrogen-bond acceptors (Lipinski definition) is 8. The van der Waals surface area contributed by atoms with Crippen LogP contribution in [0.3, 0.4) is 0 Å². The molecular formula is C20H24ClN7O5S2. The van der Waals surface area contributed by atoms with E-state index in [4.69, 9.17) is 11.6 Å². The highest BCUT2D eigenvalue weighted by molar-refractivity contribution is 7.92. The Hall–Kier alpha value is -2.81. The predicted molar refractivity (Wildman–Crippen MR) is 129 cm³/mol. The minimum atomic E-state index is -3.89. The normalized spacial score (nSPS) is 21.1. The quantitative estimate of drug-likeness (QED) is 0.498. The minimum absolute atomic E-state index is 0.225. The first-order valence-corrected chi connectivity index (χ1v) is 13.7. The van der Waals surface area contributed by atoms with E-state index in [0.717, 1.165) is 5.41 Å². The van der Waals surface area contributed by atoms with Gasteiger partial charge in [-0.1, -0.05) is 11.6 Å². The highest BCUT2D eigenvalue weighted by Crippen LogP contribution is 2.23. The number of carbonyl (C=O) groups excluding carboxylic acids is 3. The van der Waals surface area contributed by atoms with Crippen LogP contribution in [-0.4, -0.2) is 82.5 Å². The van der Waals surface area contributed by atoms with Crippen molar-refractivity contribution in [3.63, 3.8) is 0 Å². The van der Waals surface area contributed by atoms with Crippen LogP contribution in [0.2, 0.25) is 4.34 Å². The molecule has 3 amide bonds. The standard InChI is InChI=1S/C20H24ClN7O5S2/c21-17-6-5-14(34-17)7-10-35(32,33)25-15-3-1-8-26(20(15)31)11-18(29)28-9-2-4-16(28)19(30)24-27-12-22-23-13-27/h5-7,10,12-13,15-16,25H,1-4,8-9,11H2,(H,24,30)/b10-7+. The van der Waals surface area contributed by atoms with Gasteiger partial charge in [0.15, 0.2) is 0 Å². The van der Waals surface area contributed by atoms with Gasteiger partial charge in [0.1, 0.15) is 24.7 Å². The van der Waals surface area contributed by atoms with Crippen LogP contribution in [0.1, 0.15) is 30.6 Å². The number of amides is 3. The van der Waals surface area contributed by atoms with Gasteiger partial charge in [-0.3, -0.25) is 19.8 Å². The summed E-state index contributed by atoms with van der Waals surface area (Å²) in [4.78, 5) is 42.0. The summed E-state index contributed by atoms with van der Waals surface area (Å²) in [6.07, 6.45) is 6.09. The SMILES string of the molecule is O=C(Nn1cnnc1)C1CCCN1C(=O)CN1CCCC(NS(=O)(=O)/C=C/c2ccc(Cl)s2)C1=O. The summed E-state index contributed by atoms with van der Waals surface area (Å²) >= 11 is 7.09. The number of hydrogen-bond donors (Lipinski definition) is 2. The van der Waals surface area contributed by atoms with Crippen LogP contribution >= 0.6 is 22.9 Å². The van der Waals surface area contributed by atoms with Gasteiger partial charge < -0.3 is 9.80 Å². The first kappa shape index (κ1) is 25.3. The highest BCUT2D eigenvalue weighted by atomic mass is 35.5. The molecule has 2 N–H and O–H groups in total. The highest BCUT2D eigenvalue weighted by Gasteiger charge is 2.37.